The van der Waals surface area contributed by atoms with E-state index in [0.29, 0.717) is 18.3 Å². The topological polar surface area (TPSA) is 48.2 Å². The first kappa shape index (κ1) is 11.3. The van der Waals surface area contributed by atoms with Crippen LogP contribution < -0.4 is 0 Å². The maximum atomic E-state index is 5.03. The quantitative estimate of drug-likeness (QED) is 0.869. The van der Waals surface area contributed by atoms with Crippen molar-refractivity contribution in [3.05, 3.63) is 34.1 Å². The Labute approximate surface area is 102 Å². The Morgan fingerprint density at radius 3 is 2.94 bits per heavy atom. The van der Waals surface area contributed by atoms with Gasteiger partial charge < -0.3 is 9.26 Å². The van der Waals surface area contributed by atoms with Crippen LogP contribution in [0.15, 0.2) is 27.2 Å². The van der Waals surface area contributed by atoms with Gasteiger partial charge in [-0.2, -0.15) is 4.98 Å². The zero-order valence-electron chi connectivity index (χ0n) is 9.03. The largest absolute Gasteiger partial charge is 0.375 e. The summed E-state index contributed by atoms with van der Waals surface area (Å²) in [5.74, 6) is 1.07. The first-order chi connectivity index (χ1) is 7.70. The smallest absolute Gasteiger partial charge is 0.252 e. The summed E-state index contributed by atoms with van der Waals surface area (Å²) in [6.07, 6.45) is 0. The lowest BCUT2D eigenvalue weighted by Crippen LogP contribution is -1.87. The molecule has 0 atom stereocenters. The highest BCUT2D eigenvalue weighted by Crippen LogP contribution is 2.23. The maximum absolute atomic E-state index is 5.03. The normalized spacial score (nSPS) is 10.7. The Morgan fingerprint density at radius 2 is 2.25 bits per heavy atom. The van der Waals surface area contributed by atoms with Crippen molar-refractivity contribution in [1.29, 1.82) is 0 Å². The van der Waals surface area contributed by atoms with Crippen LogP contribution >= 0.6 is 15.9 Å². The Balaban J connectivity index is 2.31. The zero-order chi connectivity index (χ0) is 11.5. The number of methoxy groups -OCH3 is 1. The molecule has 1 aromatic heterocycles. The zero-order valence-corrected chi connectivity index (χ0v) is 10.6. The van der Waals surface area contributed by atoms with E-state index in [2.05, 4.69) is 26.1 Å². The van der Waals surface area contributed by atoms with Crippen LogP contribution in [-0.2, 0) is 11.3 Å². The minimum absolute atomic E-state index is 0.336. The summed E-state index contributed by atoms with van der Waals surface area (Å²) in [7, 11) is 1.59. The molecule has 0 fully saturated rings. The van der Waals surface area contributed by atoms with Gasteiger partial charge in [0.05, 0.1) is 0 Å². The molecule has 0 saturated carbocycles. The van der Waals surface area contributed by atoms with Gasteiger partial charge in [0.1, 0.15) is 6.61 Å². The molecule has 0 radical (unpaired) electrons. The van der Waals surface area contributed by atoms with Gasteiger partial charge in [0, 0.05) is 17.1 Å². The van der Waals surface area contributed by atoms with Gasteiger partial charge in [0.15, 0.2) is 0 Å². The molecule has 0 aliphatic rings. The van der Waals surface area contributed by atoms with Crippen molar-refractivity contribution < 1.29 is 9.26 Å². The number of aryl methyl sites for hydroxylation is 1. The van der Waals surface area contributed by atoms with Crippen molar-refractivity contribution in [3.8, 4) is 11.4 Å². The van der Waals surface area contributed by atoms with Crippen LogP contribution in [0.1, 0.15) is 11.5 Å². The van der Waals surface area contributed by atoms with Crippen LogP contribution in [0.3, 0.4) is 0 Å². The molecule has 0 bridgehead atoms. The summed E-state index contributed by atoms with van der Waals surface area (Å²) in [6, 6.07) is 5.92. The van der Waals surface area contributed by atoms with Crippen LogP contribution in [0.5, 0.6) is 0 Å². The third kappa shape index (κ3) is 2.31. The highest BCUT2D eigenvalue weighted by Gasteiger charge is 2.08. The summed E-state index contributed by atoms with van der Waals surface area (Å²) in [4.78, 5) is 4.22. The fraction of sp³-hybridized carbons (Fsp3) is 0.273. The molecule has 0 N–H and O–H groups in total. The lowest BCUT2D eigenvalue weighted by atomic mass is 10.1. The molecule has 16 heavy (non-hydrogen) atoms. The van der Waals surface area contributed by atoms with Gasteiger partial charge in [0.25, 0.3) is 5.89 Å². The van der Waals surface area contributed by atoms with Crippen molar-refractivity contribution in [2.24, 2.45) is 0 Å². The number of ether oxygens (including phenoxy) is 1. The molecule has 5 heteroatoms. The van der Waals surface area contributed by atoms with Gasteiger partial charge >= 0.3 is 0 Å². The molecule has 1 heterocycles. The van der Waals surface area contributed by atoms with Gasteiger partial charge in [0.2, 0.25) is 5.82 Å². The van der Waals surface area contributed by atoms with Gasteiger partial charge in [-0.25, -0.2) is 0 Å². The number of hydrogen-bond donors (Lipinski definition) is 0. The second-order valence-corrected chi connectivity index (χ2v) is 4.26. The van der Waals surface area contributed by atoms with E-state index in [1.807, 2.05) is 25.1 Å². The fourth-order valence-corrected chi connectivity index (χ4v) is 1.58. The van der Waals surface area contributed by atoms with Gasteiger partial charge in [-0.15, -0.1) is 0 Å². The number of rotatable bonds is 3. The Morgan fingerprint density at radius 1 is 1.44 bits per heavy atom. The molecular weight excluding hydrogens is 272 g/mol. The Hall–Kier alpha value is -1.20. The van der Waals surface area contributed by atoms with Crippen molar-refractivity contribution in [3.63, 3.8) is 0 Å². The fourth-order valence-electron chi connectivity index (χ4n) is 1.34. The Kier molecular flexibility index (Phi) is 3.36. The number of hydrogen-bond acceptors (Lipinski definition) is 4. The summed E-state index contributed by atoms with van der Waals surface area (Å²) >= 11 is 3.45. The molecule has 4 nitrogen and oxygen atoms in total. The van der Waals surface area contributed by atoms with E-state index < -0.39 is 0 Å². The highest BCUT2D eigenvalue weighted by molar-refractivity contribution is 9.10. The lowest BCUT2D eigenvalue weighted by molar-refractivity contribution is 0.151. The van der Waals surface area contributed by atoms with E-state index in [0.717, 1.165) is 15.6 Å². The monoisotopic (exact) mass is 282 g/mol. The van der Waals surface area contributed by atoms with E-state index in [9.17, 15) is 0 Å². The second kappa shape index (κ2) is 4.76. The molecule has 0 unspecified atom stereocenters. The molecule has 0 spiro atoms. The van der Waals surface area contributed by atoms with Crippen molar-refractivity contribution in [2.45, 2.75) is 13.5 Å². The highest BCUT2D eigenvalue weighted by atomic mass is 79.9. The molecule has 2 aromatic rings. The van der Waals surface area contributed by atoms with Crippen molar-refractivity contribution in [1.82, 2.24) is 10.1 Å². The first-order valence-corrected chi connectivity index (χ1v) is 5.58. The van der Waals surface area contributed by atoms with E-state index >= 15 is 0 Å². The van der Waals surface area contributed by atoms with Gasteiger partial charge in [-0.3, -0.25) is 0 Å². The second-order valence-electron chi connectivity index (χ2n) is 3.41. The molecule has 0 aliphatic carbocycles. The summed E-state index contributed by atoms with van der Waals surface area (Å²) in [5, 5.41) is 3.89. The van der Waals surface area contributed by atoms with Crippen LogP contribution in [0.2, 0.25) is 0 Å². The third-order valence-corrected chi connectivity index (χ3v) is 3.04. The maximum Gasteiger partial charge on any atom is 0.252 e. The SMILES string of the molecule is COCc1nc(-c2ccc(Br)c(C)c2)no1. The molecule has 84 valence electrons. The minimum atomic E-state index is 0.336. The number of aromatic nitrogens is 2. The molecule has 1 aromatic carbocycles. The molecular formula is C11H11BrN2O2. The van der Waals surface area contributed by atoms with Crippen LogP contribution in [0.4, 0.5) is 0 Å². The molecule has 0 saturated heterocycles. The summed E-state index contributed by atoms with van der Waals surface area (Å²) in [5.41, 5.74) is 2.07. The molecule has 0 amide bonds. The van der Waals surface area contributed by atoms with Crippen molar-refractivity contribution in [2.75, 3.05) is 7.11 Å². The van der Waals surface area contributed by atoms with E-state index in [1.165, 1.54) is 0 Å². The van der Waals surface area contributed by atoms with Crippen LogP contribution in [-0.4, -0.2) is 17.3 Å². The standard InChI is InChI=1S/C11H11BrN2O2/c1-7-5-8(3-4-9(7)12)11-13-10(6-15-2)16-14-11/h3-5H,6H2,1-2H3. The molecule has 0 aliphatic heterocycles. The van der Waals surface area contributed by atoms with Crippen LogP contribution in [0, 0.1) is 6.92 Å². The van der Waals surface area contributed by atoms with Crippen molar-refractivity contribution >= 4 is 15.9 Å². The molecule has 2 rings (SSSR count). The predicted molar refractivity (Wildman–Crippen MR) is 62.9 cm³/mol. The van der Waals surface area contributed by atoms with E-state index in [1.54, 1.807) is 7.11 Å². The van der Waals surface area contributed by atoms with Gasteiger partial charge in [-0.1, -0.05) is 21.1 Å². The minimum Gasteiger partial charge on any atom is -0.375 e. The van der Waals surface area contributed by atoms with Crippen LogP contribution in [0.25, 0.3) is 11.4 Å². The summed E-state index contributed by atoms with van der Waals surface area (Å²) < 4.78 is 11.0. The number of halogens is 1. The number of nitrogens with zero attached hydrogens (tertiary/aromatic N) is 2. The first-order valence-electron chi connectivity index (χ1n) is 4.79. The van der Waals surface area contributed by atoms with E-state index in [4.69, 9.17) is 9.26 Å². The average Bonchev–Trinajstić information content (AvgIpc) is 2.71. The summed E-state index contributed by atoms with van der Waals surface area (Å²) in [6.45, 7) is 2.35. The average molecular weight is 283 g/mol. The predicted octanol–water partition coefficient (Wildman–Crippen LogP) is 2.95. The number of benzene rings is 1. The third-order valence-electron chi connectivity index (χ3n) is 2.15. The Bertz CT molecular complexity index is 496. The van der Waals surface area contributed by atoms with E-state index in [-0.39, 0.29) is 0 Å². The lowest BCUT2D eigenvalue weighted by Gasteiger charge is -1.99. The van der Waals surface area contributed by atoms with Gasteiger partial charge in [-0.05, 0) is 30.7 Å².